The van der Waals surface area contributed by atoms with Crippen LogP contribution in [0.1, 0.15) is 66.2 Å². The zero-order valence-corrected chi connectivity index (χ0v) is 34.7. The second-order valence-electron chi connectivity index (χ2n) is 13.6. The van der Waals surface area contributed by atoms with E-state index < -0.39 is 85.9 Å². The van der Waals surface area contributed by atoms with Crippen molar-refractivity contribution in [3.05, 3.63) is 106 Å². The summed E-state index contributed by atoms with van der Waals surface area (Å²) in [7, 11) is -2.45. The Morgan fingerprint density at radius 1 is 0.726 bits per heavy atom. The molecule has 0 saturated heterocycles. The van der Waals surface area contributed by atoms with Crippen molar-refractivity contribution in [3.8, 4) is 34.1 Å². The molecule has 0 heterocycles. The molecule has 0 saturated carbocycles. The van der Waals surface area contributed by atoms with Gasteiger partial charge in [0.25, 0.3) is 0 Å². The molecule has 4 rings (SSSR count). The summed E-state index contributed by atoms with van der Waals surface area (Å²) in [4.78, 5) is 30.9. The van der Waals surface area contributed by atoms with E-state index in [1.54, 1.807) is 13.8 Å². The molecule has 0 aromatic heterocycles. The zero-order chi connectivity index (χ0) is 45.7. The van der Waals surface area contributed by atoms with E-state index in [1.807, 2.05) is 0 Å². The highest BCUT2D eigenvalue weighted by molar-refractivity contribution is 7.46. The van der Waals surface area contributed by atoms with Crippen LogP contribution in [0.2, 0.25) is 0 Å². The van der Waals surface area contributed by atoms with Crippen molar-refractivity contribution < 1.29 is 109 Å². The monoisotopic (exact) mass is 937 g/mol. The molecule has 0 bridgehead atoms. The largest absolute Gasteiger partial charge is 1.00 e. The summed E-state index contributed by atoms with van der Waals surface area (Å²) in [5, 5.41) is 1.21. The van der Waals surface area contributed by atoms with Crippen LogP contribution < -0.4 is 36.7 Å². The van der Waals surface area contributed by atoms with E-state index in [9.17, 15) is 53.3 Å². The van der Waals surface area contributed by atoms with Crippen molar-refractivity contribution in [2.45, 2.75) is 63.9 Å². The Bertz CT molecular complexity index is 2200. The van der Waals surface area contributed by atoms with E-state index in [2.05, 4.69) is 4.52 Å². The van der Waals surface area contributed by atoms with Crippen molar-refractivity contribution in [3.63, 3.8) is 0 Å². The van der Waals surface area contributed by atoms with Crippen LogP contribution in [0.4, 0.5) is 48.7 Å². The molecule has 0 spiro atoms. The fourth-order valence-electron chi connectivity index (χ4n) is 6.01. The molecular formula is C39H39ClF10NO10P. The minimum Gasteiger partial charge on any atom is -1.00 e. The molecule has 0 aliphatic carbocycles. The number of hydrogen-bond acceptors (Lipinski definition) is 8. The molecule has 0 unspecified atom stereocenters. The van der Waals surface area contributed by atoms with Crippen molar-refractivity contribution >= 4 is 14.0 Å². The molecule has 0 radical (unpaired) electrons. The van der Waals surface area contributed by atoms with Crippen LogP contribution in [0.25, 0.3) is 11.1 Å². The zero-order valence-electron chi connectivity index (χ0n) is 33.0. The van der Waals surface area contributed by atoms with Crippen LogP contribution in [-0.4, -0.2) is 49.4 Å². The normalized spacial score (nSPS) is 13.3. The first-order valence-electron chi connectivity index (χ1n) is 17.8. The van der Waals surface area contributed by atoms with Crippen LogP contribution >= 0.6 is 7.82 Å². The quantitative estimate of drug-likeness (QED) is 0.0370. The maximum atomic E-state index is 14.9. The first-order chi connectivity index (χ1) is 28.2. The number of carbonyl (C=O) groups excluding carboxylic acids is 1. The van der Waals surface area contributed by atoms with Crippen LogP contribution in [0.3, 0.4) is 0 Å². The van der Waals surface area contributed by atoms with E-state index in [-0.39, 0.29) is 76.3 Å². The molecule has 0 aliphatic rings. The maximum absolute atomic E-state index is 14.9. The lowest BCUT2D eigenvalue weighted by Crippen LogP contribution is -3.00. The lowest BCUT2D eigenvalue weighted by Gasteiger charge is -2.25. The number of nitrogens with two attached hydrogens (primary N) is 1. The minimum atomic E-state index is -5.32. The predicted octanol–water partition coefficient (Wildman–Crippen LogP) is 6.59. The highest BCUT2D eigenvalue weighted by Crippen LogP contribution is 2.41. The number of hydrogen-bond donors (Lipinski definition) is 3. The van der Waals surface area contributed by atoms with Crippen LogP contribution in [-0.2, 0) is 38.9 Å². The summed E-state index contributed by atoms with van der Waals surface area (Å²) in [6.45, 7) is 3.25. The van der Waals surface area contributed by atoms with Crippen molar-refractivity contribution in [2.75, 3.05) is 27.4 Å². The van der Waals surface area contributed by atoms with Gasteiger partial charge in [0.2, 0.25) is 0 Å². The summed E-state index contributed by atoms with van der Waals surface area (Å²) in [5.41, 5.74) is -4.98. The van der Waals surface area contributed by atoms with Gasteiger partial charge in [-0.15, -0.1) is 0 Å². The van der Waals surface area contributed by atoms with Gasteiger partial charge in [-0.25, -0.2) is 13.8 Å². The molecule has 4 N–H and O–H groups in total. The lowest BCUT2D eigenvalue weighted by atomic mass is 9.92. The SMILES string of the molecule is COc1cc(OCCOP(=O)(O)O)ccc1OC(=O)O[C@H](c1cc(C(F)(F)F)cc(C(F)(F)F)c1)[C@H](C)[NH2+]Cc1cc(C(F)(F)F)ccc1-c1cc(C(C)C)c(F)cc1OC.[Cl-]. The Hall–Kier alpha value is -4.79. The standard InChI is InChI=1S/C39H38F10NO10P.ClH/c1-20(2)29-17-30(33(55-4)18-31(29)40)28-8-6-24(37(41,42)43)14-23(28)19-50-21(3)35(22-12-25(38(44,45)46)15-26(13-22)39(47,48)49)60-36(51)59-32-9-7-27(16-34(32)56-5)57-10-11-58-61(52,53)54;/h6-9,12-18,20-21,35,50H,10-11,19H2,1-5H3,(H2,52,53,54);1H/t21-,35-;/m0./s1. The number of phosphoric ester groups is 1. The topological polar surface area (TPSA) is 147 Å². The third kappa shape index (κ3) is 13.9. The second-order valence-corrected chi connectivity index (χ2v) is 14.9. The van der Waals surface area contributed by atoms with Gasteiger partial charge < -0.3 is 51.2 Å². The minimum absolute atomic E-state index is 0. The number of ether oxygens (including phenoxy) is 5. The molecule has 11 nitrogen and oxygen atoms in total. The van der Waals surface area contributed by atoms with Gasteiger partial charge in [-0.1, -0.05) is 19.9 Å². The Morgan fingerprint density at radius 2 is 1.32 bits per heavy atom. The summed E-state index contributed by atoms with van der Waals surface area (Å²) >= 11 is 0. The molecule has 342 valence electrons. The van der Waals surface area contributed by atoms with E-state index in [4.69, 9.17) is 33.5 Å². The molecular weight excluding hydrogens is 899 g/mol. The predicted molar refractivity (Wildman–Crippen MR) is 195 cm³/mol. The number of methoxy groups -OCH3 is 2. The third-order valence-electron chi connectivity index (χ3n) is 8.95. The highest BCUT2D eigenvalue weighted by Gasteiger charge is 2.40. The second kappa shape index (κ2) is 20.6. The van der Waals surface area contributed by atoms with Crippen molar-refractivity contribution in [1.82, 2.24) is 0 Å². The van der Waals surface area contributed by atoms with Crippen LogP contribution in [0.5, 0.6) is 23.0 Å². The number of carbonyl (C=O) groups is 1. The molecule has 0 amide bonds. The molecule has 4 aromatic carbocycles. The molecule has 2 atom stereocenters. The van der Waals surface area contributed by atoms with Crippen LogP contribution in [0.15, 0.2) is 66.7 Å². The number of alkyl halides is 9. The van der Waals surface area contributed by atoms with Gasteiger partial charge in [0, 0.05) is 23.3 Å². The Labute approximate surface area is 353 Å². The average molecular weight is 938 g/mol. The van der Waals surface area contributed by atoms with E-state index in [0.29, 0.717) is 12.1 Å². The number of rotatable bonds is 16. The highest BCUT2D eigenvalue weighted by atomic mass is 35.5. The van der Waals surface area contributed by atoms with Crippen LogP contribution in [0, 0.1) is 5.82 Å². The van der Waals surface area contributed by atoms with Gasteiger partial charge in [0.05, 0.1) is 37.5 Å². The van der Waals surface area contributed by atoms with Gasteiger partial charge in [-0.2, -0.15) is 39.5 Å². The van der Waals surface area contributed by atoms with Gasteiger partial charge in [0.15, 0.2) is 17.6 Å². The number of halogens is 11. The summed E-state index contributed by atoms with van der Waals surface area (Å²) in [6.07, 6.45) is -19.1. The fourth-order valence-corrected chi connectivity index (χ4v) is 6.32. The molecule has 0 fully saturated rings. The van der Waals surface area contributed by atoms with E-state index in [0.717, 1.165) is 43.5 Å². The summed E-state index contributed by atoms with van der Waals surface area (Å²) in [6, 6.07) is 7.73. The van der Waals surface area contributed by atoms with Crippen molar-refractivity contribution in [1.29, 1.82) is 0 Å². The first kappa shape index (κ1) is 51.6. The number of quaternary nitrogens is 1. The average Bonchev–Trinajstić information content (AvgIpc) is 3.16. The Balaban J connectivity index is 0.0000102. The fraction of sp³-hybridized carbons (Fsp3) is 0.359. The smallest absolute Gasteiger partial charge is 0.514 e. The Morgan fingerprint density at radius 3 is 1.85 bits per heavy atom. The summed E-state index contributed by atoms with van der Waals surface area (Å²) < 4.78 is 183. The van der Waals surface area contributed by atoms with E-state index in [1.165, 1.54) is 31.5 Å². The number of phosphoric acid groups is 1. The third-order valence-corrected chi connectivity index (χ3v) is 9.47. The molecule has 4 aromatic rings. The van der Waals surface area contributed by atoms with Gasteiger partial charge in [0.1, 0.15) is 36.5 Å². The molecule has 62 heavy (non-hydrogen) atoms. The molecule has 23 heteroatoms. The first-order valence-corrected chi connectivity index (χ1v) is 19.3. The van der Waals surface area contributed by atoms with Crippen molar-refractivity contribution in [2.24, 2.45) is 0 Å². The van der Waals surface area contributed by atoms with Gasteiger partial charge in [-0.05, 0) is 78.1 Å². The van der Waals surface area contributed by atoms with E-state index >= 15 is 0 Å². The lowest BCUT2D eigenvalue weighted by molar-refractivity contribution is -0.708. The number of benzene rings is 4. The Kier molecular flexibility index (Phi) is 17.1. The summed E-state index contributed by atoms with van der Waals surface area (Å²) in [5.74, 6) is -1.66. The van der Waals surface area contributed by atoms with Gasteiger partial charge >= 0.3 is 32.5 Å². The molecule has 0 aliphatic heterocycles. The van der Waals surface area contributed by atoms with Gasteiger partial charge in [-0.3, -0.25) is 4.52 Å². The maximum Gasteiger partial charge on any atom is 0.514 e.